The summed E-state index contributed by atoms with van der Waals surface area (Å²) in [5.74, 6) is 0. The van der Waals surface area contributed by atoms with Crippen molar-refractivity contribution in [3.63, 3.8) is 0 Å². The molecule has 0 spiro atoms. The molecule has 0 radical (unpaired) electrons. The summed E-state index contributed by atoms with van der Waals surface area (Å²) in [5, 5.41) is 0. The minimum absolute atomic E-state index is 0.152. The summed E-state index contributed by atoms with van der Waals surface area (Å²) in [4.78, 5) is 25.9. The highest BCUT2D eigenvalue weighted by atomic mass is 28.4. The maximum atomic E-state index is 8.62. The monoisotopic (exact) mass is 178 g/mol. The van der Waals surface area contributed by atoms with E-state index in [1.807, 2.05) is 0 Å². The minimum atomic E-state index is -3.75. The molecule has 0 saturated carbocycles. The van der Waals surface area contributed by atoms with Gasteiger partial charge in [-0.2, -0.15) is 0 Å². The van der Waals surface area contributed by atoms with Gasteiger partial charge in [-0.15, -0.1) is 0 Å². The summed E-state index contributed by atoms with van der Waals surface area (Å²) in [7, 11) is -3.75. The fourth-order valence-corrected chi connectivity index (χ4v) is 1.69. The molecule has 66 valence electrons. The Morgan fingerprint density at radius 2 is 1.91 bits per heavy atom. The van der Waals surface area contributed by atoms with Crippen LogP contribution in [0, 0.1) is 0 Å². The molecule has 1 fully saturated rings. The van der Waals surface area contributed by atoms with Crippen LogP contribution in [0.15, 0.2) is 0 Å². The third kappa shape index (κ3) is 5.34. The second kappa shape index (κ2) is 3.64. The molecular weight excluding hydrogens is 164 g/mol. The predicted octanol–water partition coefficient (Wildman–Crippen LogP) is -0.529. The lowest BCUT2D eigenvalue weighted by Gasteiger charge is -2.07. The standard InChI is InChI=1S/C6H14O4Si/c7-11(8,9)4-2-1-3-6-5-10-6/h6-9H,1-5H2. The van der Waals surface area contributed by atoms with E-state index in [4.69, 9.17) is 19.1 Å². The maximum Gasteiger partial charge on any atom is 0.492 e. The van der Waals surface area contributed by atoms with Crippen LogP contribution < -0.4 is 0 Å². The van der Waals surface area contributed by atoms with Crippen molar-refractivity contribution < 1.29 is 19.1 Å². The second-order valence-corrected chi connectivity index (χ2v) is 5.02. The molecule has 0 amide bonds. The van der Waals surface area contributed by atoms with Gasteiger partial charge >= 0.3 is 8.80 Å². The lowest BCUT2D eigenvalue weighted by molar-refractivity contribution is 0.225. The fourth-order valence-electron chi connectivity index (χ4n) is 0.969. The summed E-state index contributed by atoms with van der Waals surface area (Å²) in [5.41, 5.74) is 0. The lowest BCUT2D eigenvalue weighted by atomic mass is 10.2. The van der Waals surface area contributed by atoms with Crippen molar-refractivity contribution in [2.75, 3.05) is 6.61 Å². The van der Waals surface area contributed by atoms with E-state index in [0.717, 1.165) is 19.4 Å². The minimum Gasteiger partial charge on any atom is -0.390 e. The average Bonchev–Trinajstić information content (AvgIpc) is 2.60. The smallest absolute Gasteiger partial charge is 0.390 e. The Labute approximate surface area is 66.8 Å². The van der Waals surface area contributed by atoms with Crippen molar-refractivity contribution in [2.45, 2.75) is 31.4 Å². The van der Waals surface area contributed by atoms with E-state index in [-0.39, 0.29) is 6.04 Å². The topological polar surface area (TPSA) is 73.2 Å². The fraction of sp³-hybridized carbons (Fsp3) is 1.00. The molecular formula is C6H14O4Si. The van der Waals surface area contributed by atoms with Gasteiger partial charge in [0.25, 0.3) is 0 Å². The zero-order valence-corrected chi connectivity index (χ0v) is 7.36. The Bertz CT molecular complexity index is 118. The van der Waals surface area contributed by atoms with Crippen molar-refractivity contribution in [3.05, 3.63) is 0 Å². The molecule has 1 saturated heterocycles. The molecule has 1 rings (SSSR count). The van der Waals surface area contributed by atoms with Gasteiger partial charge in [-0.25, -0.2) is 0 Å². The van der Waals surface area contributed by atoms with Crippen LogP contribution in [0.5, 0.6) is 0 Å². The van der Waals surface area contributed by atoms with Crippen molar-refractivity contribution in [2.24, 2.45) is 0 Å². The van der Waals surface area contributed by atoms with Crippen LogP contribution in [0.2, 0.25) is 6.04 Å². The molecule has 5 heteroatoms. The molecule has 1 heterocycles. The summed E-state index contributed by atoms with van der Waals surface area (Å²) in [6.07, 6.45) is 2.96. The molecule has 0 aliphatic carbocycles. The first-order valence-corrected chi connectivity index (χ1v) is 5.91. The number of rotatable bonds is 5. The molecule has 1 aliphatic heterocycles. The van der Waals surface area contributed by atoms with Gasteiger partial charge in [-0.3, -0.25) is 0 Å². The largest absolute Gasteiger partial charge is 0.492 e. The SMILES string of the molecule is O[Si](O)(O)CCCCC1CO1. The average molecular weight is 178 g/mol. The highest BCUT2D eigenvalue weighted by Crippen LogP contribution is 2.18. The Morgan fingerprint density at radius 3 is 2.36 bits per heavy atom. The third-order valence-electron chi connectivity index (χ3n) is 1.69. The normalized spacial score (nSPS) is 23.7. The second-order valence-electron chi connectivity index (χ2n) is 2.98. The third-order valence-corrected chi connectivity index (χ3v) is 2.72. The summed E-state index contributed by atoms with van der Waals surface area (Å²) in [6.45, 7) is 0.847. The van der Waals surface area contributed by atoms with Gasteiger partial charge in [0.2, 0.25) is 0 Å². The zero-order valence-electron chi connectivity index (χ0n) is 6.36. The Morgan fingerprint density at radius 1 is 1.27 bits per heavy atom. The van der Waals surface area contributed by atoms with Crippen LogP contribution in [0.1, 0.15) is 19.3 Å². The number of hydrogen-bond acceptors (Lipinski definition) is 4. The van der Waals surface area contributed by atoms with E-state index in [1.54, 1.807) is 0 Å². The molecule has 1 unspecified atom stereocenters. The molecule has 0 aromatic heterocycles. The van der Waals surface area contributed by atoms with Crippen LogP contribution in [-0.2, 0) is 4.74 Å². The van der Waals surface area contributed by atoms with E-state index in [2.05, 4.69) is 0 Å². The van der Waals surface area contributed by atoms with Gasteiger partial charge in [0.15, 0.2) is 0 Å². The molecule has 0 aromatic carbocycles. The number of epoxide rings is 1. The Kier molecular flexibility index (Phi) is 3.03. The molecule has 0 aromatic rings. The molecule has 11 heavy (non-hydrogen) atoms. The van der Waals surface area contributed by atoms with E-state index < -0.39 is 8.80 Å². The van der Waals surface area contributed by atoms with Crippen molar-refractivity contribution in [1.29, 1.82) is 0 Å². The maximum absolute atomic E-state index is 8.62. The summed E-state index contributed by atoms with van der Waals surface area (Å²) in [6, 6.07) is 0.152. The summed E-state index contributed by atoms with van der Waals surface area (Å²) < 4.78 is 4.96. The van der Waals surface area contributed by atoms with Crippen molar-refractivity contribution in [3.8, 4) is 0 Å². The Balaban J connectivity index is 1.87. The van der Waals surface area contributed by atoms with Crippen LogP contribution in [0.3, 0.4) is 0 Å². The number of hydrogen-bond donors (Lipinski definition) is 3. The highest BCUT2D eigenvalue weighted by molar-refractivity contribution is 6.56. The van der Waals surface area contributed by atoms with Crippen LogP contribution in [0.4, 0.5) is 0 Å². The quantitative estimate of drug-likeness (QED) is 0.301. The van der Waals surface area contributed by atoms with Crippen molar-refractivity contribution in [1.82, 2.24) is 0 Å². The van der Waals surface area contributed by atoms with Gasteiger partial charge in [-0.1, -0.05) is 6.42 Å². The van der Waals surface area contributed by atoms with Crippen LogP contribution in [-0.4, -0.2) is 35.9 Å². The van der Waals surface area contributed by atoms with E-state index in [1.165, 1.54) is 0 Å². The van der Waals surface area contributed by atoms with Gasteiger partial charge in [-0.05, 0) is 12.8 Å². The molecule has 1 atom stereocenters. The molecule has 4 nitrogen and oxygen atoms in total. The van der Waals surface area contributed by atoms with Crippen LogP contribution in [0.25, 0.3) is 0 Å². The van der Waals surface area contributed by atoms with E-state index >= 15 is 0 Å². The lowest BCUT2D eigenvalue weighted by Crippen LogP contribution is -2.33. The first-order chi connectivity index (χ1) is 5.08. The van der Waals surface area contributed by atoms with Gasteiger partial charge in [0.05, 0.1) is 12.7 Å². The van der Waals surface area contributed by atoms with Gasteiger partial charge < -0.3 is 19.1 Å². The number of unbranched alkanes of at least 4 members (excludes halogenated alkanes) is 1. The van der Waals surface area contributed by atoms with Gasteiger partial charge in [0, 0.05) is 6.04 Å². The van der Waals surface area contributed by atoms with Crippen molar-refractivity contribution >= 4 is 8.80 Å². The first kappa shape index (κ1) is 9.15. The molecule has 1 aliphatic rings. The molecule has 0 bridgehead atoms. The van der Waals surface area contributed by atoms with E-state index in [0.29, 0.717) is 12.5 Å². The number of ether oxygens (including phenoxy) is 1. The summed E-state index contributed by atoms with van der Waals surface area (Å²) >= 11 is 0. The first-order valence-electron chi connectivity index (χ1n) is 3.87. The molecule has 3 N–H and O–H groups in total. The van der Waals surface area contributed by atoms with E-state index in [9.17, 15) is 0 Å². The predicted molar refractivity (Wildman–Crippen MR) is 40.8 cm³/mol. The highest BCUT2D eigenvalue weighted by Gasteiger charge is 2.27. The van der Waals surface area contributed by atoms with Crippen LogP contribution >= 0.6 is 0 Å². The Hall–Kier alpha value is 0.0569. The zero-order chi connectivity index (χ0) is 8.32. The van der Waals surface area contributed by atoms with Gasteiger partial charge in [0.1, 0.15) is 0 Å².